The van der Waals surface area contributed by atoms with E-state index >= 15 is 0 Å². The van der Waals surface area contributed by atoms with Gasteiger partial charge in [0.05, 0.1) is 11.8 Å². The van der Waals surface area contributed by atoms with Gasteiger partial charge in [-0.1, -0.05) is 20.8 Å². The highest BCUT2D eigenvalue weighted by atomic mass is 16.3. The summed E-state index contributed by atoms with van der Waals surface area (Å²) in [5.74, 6) is 0.716. The Kier molecular flexibility index (Phi) is 4.47. The Balaban J connectivity index is 1.26. The van der Waals surface area contributed by atoms with Gasteiger partial charge in [-0.2, -0.15) is 0 Å². The molecule has 3 aliphatic rings. The van der Waals surface area contributed by atoms with E-state index in [1.54, 1.807) is 6.07 Å². The number of hydrogen-bond donors (Lipinski definition) is 2. The summed E-state index contributed by atoms with van der Waals surface area (Å²) < 4.78 is 4.99. The topological polar surface area (TPSA) is 74.6 Å². The quantitative estimate of drug-likeness (QED) is 0.853. The summed E-state index contributed by atoms with van der Waals surface area (Å²) in [6.07, 6.45) is 8.14. The highest BCUT2D eigenvalue weighted by Gasteiger charge is 2.61. The summed E-state index contributed by atoms with van der Waals surface area (Å²) in [4.78, 5) is 26.8. The van der Waals surface area contributed by atoms with Crippen molar-refractivity contribution in [1.29, 1.82) is 0 Å². The van der Waals surface area contributed by atoms with Crippen molar-refractivity contribution in [2.24, 2.45) is 16.7 Å². The Morgan fingerprint density at radius 3 is 2.44 bits per heavy atom. The van der Waals surface area contributed by atoms with Gasteiger partial charge in [-0.3, -0.25) is 4.79 Å². The van der Waals surface area contributed by atoms with E-state index < -0.39 is 0 Å². The van der Waals surface area contributed by atoms with Crippen molar-refractivity contribution in [1.82, 2.24) is 15.5 Å². The van der Waals surface area contributed by atoms with Crippen LogP contribution in [-0.4, -0.2) is 42.0 Å². The van der Waals surface area contributed by atoms with Crippen LogP contribution < -0.4 is 10.6 Å². The van der Waals surface area contributed by atoms with E-state index in [4.69, 9.17) is 4.42 Å². The standard InChI is InChI=1S/C21H31N3O3/c1-20(2)15-4-8-21(20,3)17(12-15)23-19(26)22-16-5-9-24(10-6-16)18(25)14-7-11-27-13-14/h7,11,13,15-17H,4-6,8-10,12H2,1-3H3,(H2,22,23,26). The number of urea groups is 1. The molecule has 6 heteroatoms. The summed E-state index contributed by atoms with van der Waals surface area (Å²) >= 11 is 0. The molecule has 0 aromatic carbocycles. The largest absolute Gasteiger partial charge is 0.472 e. The molecule has 2 heterocycles. The van der Waals surface area contributed by atoms with Gasteiger partial charge in [-0.05, 0) is 54.9 Å². The van der Waals surface area contributed by atoms with Crippen LogP contribution in [0.25, 0.3) is 0 Å². The number of furan rings is 1. The summed E-state index contributed by atoms with van der Waals surface area (Å²) in [5.41, 5.74) is 1.07. The fourth-order valence-electron chi connectivity index (χ4n) is 5.60. The van der Waals surface area contributed by atoms with E-state index in [0.29, 0.717) is 30.0 Å². The summed E-state index contributed by atoms with van der Waals surface area (Å²) in [5, 5.41) is 6.40. The molecule has 148 valence electrons. The molecule has 3 atom stereocenters. The molecule has 3 fully saturated rings. The Hall–Kier alpha value is -1.98. The van der Waals surface area contributed by atoms with Crippen LogP contribution in [0.5, 0.6) is 0 Å². The normalized spacial score (nSPS) is 32.5. The van der Waals surface area contributed by atoms with Crippen LogP contribution >= 0.6 is 0 Å². The van der Waals surface area contributed by atoms with E-state index in [0.717, 1.165) is 19.3 Å². The second-order valence-corrected chi connectivity index (χ2v) is 9.36. The van der Waals surface area contributed by atoms with E-state index in [9.17, 15) is 9.59 Å². The minimum absolute atomic E-state index is 0.00351. The summed E-state index contributed by atoms with van der Waals surface area (Å²) in [7, 11) is 0. The van der Waals surface area contributed by atoms with Crippen molar-refractivity contribution in [3.63, 3.8) is 0 Å². The first-order valence-electron chi connectivity index (χ1n) is 10.2. The first-order valence-corrected chi connectivity index (χ1v) is 10.2. The number of carbonyl (C=O) groups is 2. The second kappa shape index (κ2) is 6.57. The monoisotopic (exact) mass is 373 g/mol. The van der Waals surface area contributed by atoms with Gasteiger partial charge in [-0.15, -0.1) is 0 Å². The number of rotatable bonds is 3. The number of nitrogens with one attached hydrogen (secondary N) is 2. The number of carbonyl (C=O) groups excluding carboxylic acids is 2. The molecule has 2 N–H and O–H groups in total. The van der Waals surface area contributed by atoms with Gasteiger partial charge in [-0.25, -0.2) is 4.79 Å². The predicted octanol–water partition coefficient (Wildman–Crippen LogP) is 3.40. The molecule has 4 rings (SSSR count). The minimum Gasteiger partial charge on any atom is -0.472 e. The summed E-state index contributed by atoms with van der Waals surface area (Å²) in [6.45, 7) is 8.37. The molecule has 2 saturated carbocycles. The number of nitrogens with zero attached hydrogens (tertiary/aromatic N) is 1. The van der Waals surface area contributed by atoms with E-state index in [1.807, 2.05) is 4.90 Å². The zero-order chi connectivity index (χ0) is 19.2. The van der Waals surface area contributed by atoms with Crippen molar-refractivity contribution < 1.29 is 14.0 Å². The molecule has 27 heavy (non-hydrogen) atoms. The maximum atomic E-state index is 12.6. The Bertz CT molecular complexity index is 706. The number of likely N-dealkylation sites (tertiary alicyclic amines) is 1. The van der Waals surface area contributed by atoms with Crippen LogP contribution in [0, 0.1) is 16.7 Å². The van der Waals surface area contributed by atoms with Crippen molar-refractivity contribution in [3.8, 4) is 0 Å². The van der Waals surface area contributed by atoms with Crippen molar-refractivity contribution in [2.75, 3.05) is 13.1 Å². The van der Waals surface area contributed by atoms with Crippen molar-refractivity contribution in [3.05, 3.63) is 24.2 Å². The smallest absolute Gasteiger partial charge is 0.315 e. The van der Waals surface area contributed by atoms with E-state index in [2.05, 4.69) is 31.4 Å². The summed E-state index contributed by atoms with van der Waals surface area (Å²) in [6, 6.07) is 2.02. The highest BCUT2D eigenvalue weighted by molar-refractivity contribution is 5.93. The molecular weight excluding hydrogens is 342 g/mol. The highest BCUT2D eigenvalue weighted by Crippen LogP contribution is 2.65. The molecule has 6 nitrogen and oxygen atoms in total. The molecule has 1 aromatic rings. The van der Waals surface area contributed by atoms with Gasteiger partial charge in [0.1, 0.15) is 6.26 Å². The number of piperidine rings is 1. The molecule has 3 unspecified atom stereocenters. The molecule has 1 aromatic heterocycles. The lowest BCUT2D eigenvalue weighted by molar-refractivity contribution is 0.0706. The second-order valence-electron chi connectivity index (χ2n) is 9.36. The maximum Gasteiger partial charge on any atom is 0.315 e. The molecule has 0 radical (unpaired) electrons. The molecule has 2 aliphatic carbocycles. The molecular formula is C21H31N3O3. The van der Waals surface area contributed by atoms with Gasteiger partial charge in [0.15, 0.2) is 0 Å². The SMILES string of the molecule is CC1(C)C2CCC1(C)C(NC(=O)NC1CCN(C(=O)c3ccoc3)CC1)C2. The predicted molar refractivity (Wildman–Crippen MR) is 102 cm³/mol. The van der Waals surface area contributed by atoms with Crippen molar-refractivity contribution in [2.45, 2.75) is 65.0 Å². The van der Waals surface area contributed by atoms with Crippen LogP contribution in [-0.2, 0) is 0 Å². The third kappa shape index (κ3) is 3.03. The average molecular weight is 373 g/mol. The lowest BCUT2D eigenvalue weighted by atomic mass is 9.69. The van der Waals surface area contributed by atoms with E-state index in [-0.39, 0.29) is 29.4 Å². The molecule has 1 aliphatic heterocycles. The minimum atomic E-state index is -0.0517. The van der Waals surface area contributed by atoms with Crippen LogP contribution in [0.15, 0.2) is 23.0 Å². The number of fused-ring (bicyclic) bond motifs is 2. The third-order valence-electron chi connectivity index (χ3n) is 7.98. The van der Waals surface area contributed by atoms with Crippen molar-refractivity contribution >= 4 is 11.9 Å². The Morgan fingerprint density at radius 2 is 1.89 bits per heavy atom. The zero-order valence-corrected chi connectivity index (χ0v) is 16.6. The molecule has 1 saturated heterocycles. The Morgan fingerprint density at radius 1 is 1.15 bits per heavy atom. The van der Waals surface area contributed by atoms with Crippen LogP contribution in [0.1, 0.15) is 63.2 Å². The fraction of sp³-hybridized carbons (Fsp3) is 0.714. The molecule has 2 bridgehead atoms. The number of amides is 3. The molecule has 0 spiro atoms. The van der Waals surface area contributed by atoms with Gasteiger partial charge in [0.2, 0.25) is 0 Å². The van der Waals surface area contributed by atoms with Crippen LogP contribution in [0.2, 0.25) is 0 Å². The van der Waals surface area contributed by atoms with Crippen LogP contribution in [0.3, 0.4) is 0 Å². The van der Waals surface area contributed by atoms with Gasteiger partial charge >= 0.3 is 6.03 Å². The lowest BCUT2D eigenvalue weighted by Gasteiger charge is -2.40. The first-order chi connectivity index (χ1) is 12.8. The average Bonchev–Trinajstić information content (AvgIpc) is 3.28. The van der Waals surface area contributed by atoms with E-state index in [1.165, 1.54) is 25.4 Å². The first kappa shape index (κ1) is 18.4. The zero-order valence-electron chi connectivity index (χ0n) is 16.6. The van der Waals surface area contributed by atoms with Gasteiger partial charge in [0.25, 0.3) is 5.91 Å². The van der Waals surface area contributed by atoms with Gasteiger partial charge in [0, 0.05) is 25.2 Å². The van der Waals surface area contributed by atoms with Crippen LogP contribution in [0.4, 0.5) is 4.79 Å². The lowest BCUT2D eigenvalue weighted by Crippen LogP contribution is -2.54. The Labute approximate surface area is 161 Å². The maximum absolute atomic E-state index is 12.6. The number of hydrogen-bond acceptors (Lipinski definition) is 3. The van der Waals surface area contributed by atoms with Gasteiger partial charge < -0.3 is 20.0 Å². The fourth-order valence-corrected chi connectivity index (χ4v) is 5.60. The molecule has 3 amide bonds. The third-order valence-corrected chi connectivity index (χ3v) is 7.98.